The summed E-state index contributed by atoms with van der Waals surface area (Å²) in [7, 11) is 0. The van der Waals surface area contributed by atoms with Crippen molar-refractivity contribution in [1.29, 1.82) is 0 Å². The standard InChI is InChI=1S/C5H12N2S/c1-4(8)3-7-5(2)6/h5,7H,3,6H2,1-2H3. The molecular weight excluding hydrogens is 120 g/mol. The van der Waals surface area contributed by atoms with Gasteiger partial charge in [-0.25, -0.2) is 0 Å². The van der Waals surface area contributed by atoms with Gasteiger partial charge in [-0.3, -0.25) is 5.32 Å². The number of thiocarbonyl (C=S) groups is 1. The molecule has 0 heterocycles. The van der Waals surface area contributed by atoms with E-state index in [0.717, 1.165) is 11.4 Å². The Bertz CT molecular complexity index is 80.5. The van der Waals surface area contributed by atoms with Crippen LogP contribution in [-0.4, -0.2) is 17.6 Å². The molecule has 0 aromatic carbocycles. The third kappa shape index (κ3) is 6.01. The minimum Gasteiger partial charge on any atom is -0.316 e. The molecule has 0 aromatic rings. The van der Waals surface area contributed by atoms with Crippen LogP contribution in [0, 0.1) is 0 Å². The summed E-state index contributed by atoms with van der Waals surface area (Å²) in [5.41, 5.74) is 5.37. The normalized spacial score (nSPS) is 13.4. The minimum atomic E-state index is 0.0490. The van der Waals surface area contributed by atoms with Gasteiger partial charge in [0.1, 0.15) is 0 Å². The van der Waals surface area contributed by atoms with Gasteiger partial charge in [0.15, 0.2) is 0 Å². The molecule has 0 rings (SSSR count). The van der Waals surface area contributed by atoms with Gasteiger partial charge >= 0.3 is 0 Å². The minimum absolute atomic E-state index is 0.0490. The Hall–Kier alpha value is 0.0100. The van der Waals surface area contributed by atoms with Crippen molar-refractivity contribution in [3.05, 3.63) is 0 Å². The summed E-state index contributed by atoms with van der Waals surface area (Å²) in [4.78, 5) is 0.947. The van der Waals surface area contributed by atoms with Crippen LogP contribution in [0.2, 0.25) is 0 Å². The molecule has 0 fully saturated rings. The van der Waals surface area contributed by atoms with E-state index in [4.69, 9.17) is 18.0 Å². The van der Waals surface area contributed by atoms with E-state index >= 15 is 0 Å². The van der Waals surface area contributed by atoms with Gasteiger partial charge < -0.3 is 5.73 Å². The van der Waals surface area contributed by atoms with Crippen LogP contribution in [-0.2, 0) is 0 Å². The zero-order chi connectivity index (χ0) is 6.57. The predicted molar refractivity (Wildman–Crippen MR) is 39.9 cm³/mol. The second-order valence-corrected chi connectivity index (χ2v) is 2.57. The lowest BCUT2D eigenvalue weighted by molar-refractivity contribution is 0.617. The van der Waals surface area contributed by atoms with Gasteiger partial charge in [0.2, 0.25) is 0 Å². The first kappa shape index (κ1) is 8.01. The highest BCUT2D eigenvalue weighted by Crippen LogP contribution is 1.71. The van der Waals surface area contributed by atoms with Gasteiger partial charge in [-0.05, 0) is 13.8 Å². The maximum atomic E-state index is 5.37. The number of hydrogen-bond donors (Lipinski definition) is 2. The van der Waals surface area contributed by atoms with E-state index in [1.54, 1.807) is 0 Å². The van der Waals surface area contributed by atoms with Crippen LogP contribution < -0.4 is 11.1 Å². The van der Waals surface area contributed by atoms with E-state index in [-0.39, 0.29) is 6.17 Å². The first-order valence-corrected chi connectivity index (χ1v) is 3.02. The molecule has 8 heavy (non-hydrogen) atoms. The molecule has 0 saturated heterocycles. The zero-order valence-corrected chi connectivity index (χ0v) is 6.09. The Morgan fingerprint density at radius 1 is 1.88 bits per heavy atom. The smallest absolute Gasteiger partial charge is 0.0519 e. The fourth-order valence-corrected chi connectivity index (χ4v) is 0.388. The number of nitrogens with one attached hydrogen (secondary N) is 1. The molecule has 1 unspecified atom stereocenters. The Labute approximate surface area is 55.4 Å². The number of hydrogen-bond acceptors (Lipinski definition) is 3. The molecular formula is C5H12N2S. The van der Waals surface area contributed by atoms with Crippen LogP contribution in [0.15, 0.2) is 0 Å². The molecule has 0 aliphatic heterocycles. The third-order valence-corrected chi connectivity index (χ3v) is 0.817. The van der Waals surface area contributed by atoms with Gasteiger partial charge in [-0.15, -0.1) is 0 Å². The fraction of sp³-hybridized carbons (Fsp3) is 0.800. The second kappa shape index (κ2) is 3.95. The van der Waals surface area contributed by atoms with Crippen LogP contribution in [0.1, 0.15) is 13.8 Å². The lowest BCUT2D eigenvalue weighted by Gasteiger charge is -2.04. The van der Waals surface area contributed by atoms with Crippen molar-refractivity contribution in [1.82, 2.24) is 5.32 Å². The molecule has 0 amide bonds. The zero-order valence-electron chi connectivity index (χ0n) is 5.27. The van der Waals surface area contributed by atoms with Gasteiger partial charge in [-0.1, -0.05) is 12.2 Å². The Morgan fingerprint density at radius 3 is 2.50 bits per heavy atom. The molecule has 48 valence electrons. The quantitative estimate of drug-likeness (QED) is 0.427. The SMILES string of the molecule is CC(=S)CNC(C)N. The summed E-state index contributed by atoms with van der Waals surface area (Å²) in [5, 5.41) is 2.98. The molecule has 0 bridgehead atoms. The molecule has 0 aliphatic rings. The number of rotatable bonds is 3. The van der Waals surface area contributed by atoms with E-state index in [2.05, 4.69) is 5.32 Å². The van der Waals surface area contributed by atoms with E-state index < -0.39 is 0 Å². The topological polar surface area (TPSA) is 38.0 Å². The summed E-state index contributed by atoms with van der Waals surface area (Å²) in [6, 6.07) is 0. The van der Waals surface area contributed by atoms with Crippen molar-refractivity contribution >= 4 is 17.1 Å². The van der Waals surface area contributed by atoms with Crippen LogP contribution in [0.5, 0.6) is 0 Å². The van der Waals surface area contributed by atoms with Crippen molar-refractivity contribution < 1.29 is 0 Å². The fourth-order valence-electron chi connectivity index (χ4n) is 0.305. The maximum Gasteiger partial charge on any atom is 0.0519 e. The highest BCUT2D eigenvalue weighted by molar-refractivity contribution is 7.80. The molecule has 0 saturated carbocycles. The van der Waals surface area contributed by atoms with Crippen molar-refractivity contribution in [2.45, 2.75) is 20.0 Å². The second-order valence-electron chi connectivity index (χ2n) is 1.87. The van der Waals surface area contributed by atoms with Crippen LogP contribution >= 0.6 is 12.2 Å². The molecule has 1 atom stereocenters. The van der Waals surface area contributed by atoms with E-state index in [0.29, 0.717) is 0 Å². The van der Waals surface area contributed by atoms with E-state index in [1.165, 1.54) is 0 Å². The summed E-state index contributed by atoms with van der Waals surface area (Å²) < 4.78 is 0. The highest BCUT2D eigenvalue weighted by atomic mass is 32.1. The average molecular weight is 132 g/mol. The third-order valence-electron chi connectivity index (χ3n) is 0.673. The van der Waals surface area contributed by atoms with E-state index in [9.17, 15) is 0 Å². The first-order chi connectivity index (χ1) is 3.63. The average Bonchev–Trinajstić information content (AvgIpc) is 1.61. The van der Waals surface area contributed by atoms with Crippen molar-refractivity contribution in [2.75, 3.05) is 6.54 Å². The molecule has 0 aromatic heterocycles. The van der Waals surface area contributed by atoms with Crippen LogP contribution in [0.25, 0.3) is 0 Å². The maximum absolute atomic E-state index is 5.37. The summed E-state index contributed by atoms with van der Waals surface area (Å²) >= 11 is 4.80. The molecule has 0 spiro atoms. The largest absolute Gasteiger partial charge is 0.316 e. The molecule has 0 aliphatic carbocycles. The van der Waals surface area contributed by atoms with E-state index in [1.807, 2.05) is 13.8 Å². The van der Waals surface area contributed by atoms with Gasteiger partial charge in [0, 0.05) is 11.4 Å². The van der Waals surface area contributed by atoms with Crippen LogP contribution in [0.4, 0.5) is 0 Å². The van der Waals surface area contributed by atoms with Gasteiger partial charge in [-0.2, -0.15) is 0 Å². The lowest BCUT2D eigenvalue weighted by Crippen LogP contribution is -2.36. The first-order valence-electron chi connectivity index (χ1n) is 2.61. The monoisotopic (exact) mass is 132 g/mol. The molecule has 3 heteroatoms. The lowest BCUT2D eigenvalue weighted by atomic mass is 10.4. The molecule has 2 nitrogen and oxygen atoms in total. The summed E-state index contributed by atoms with van der Waals surface area (Å²) in [6.45, 7) is 4.52. The number of nitrogens with two attached hydrogens (primary N) is 1. The summed E-state index contributed by atoms with van der Waals surface area (Å²) in [5.74, 6) is 0. The summed E-state index contributed by atoms with van der Waals surface area (Å²) in [6.07, 6.45) is 0.0490. The highest BCUT2D eigenvalue weighted by Gasteiger charge is 1.89. The Morgan fingerprint density at radius 2 is 2.38 bits per heavy atom. The predicted octanol–water partition coefficient (Wildman–Crippen LogP) is 0.271. The van der Waals surface area contributed by atoms with Crippen molar-refractivity contribution in [2.24, 2.45) is 5.73 Å². The van der Waals surface area contributed by atoms with Gasteiger partial charge in [0.25, 0.3) is 0 Å². The molecule has 3 N–H and O–H groups in total. The van der Waals surface area contributed by atoms with Crippen LogP contribution in [0.3, 0.4) is 0 Å². The van der Waals surface area contributed by atoms with Gasteiger partial charge in [0.05, 0.1) is 6.17 Å². The Kier molecular flexibility index (Phi) is 3.95. The molecule has 0 radical (unpaired) electrons. The van der Waals surface area contributed by atoms with Crippen molar-refractivity contribution in [3.8, 4) is 0 Å². The van der Waals surface area contributed by atoms with Crippen molar-refractivity contribution in [3.63, 3.8) is 0 Å². The Balaban J connectivity index is 3.05.